The molecule has 2 heterocycles. The molecule has 0 fully saturated rings. The van der Waals surface area contributed by atoms with Gasteiger partial charge in [-0.05, 0) is 24.1 Å². The number of hydrogen-bond acceptors (Lipinski definition) is 8. The average molecular weight is 480 g/mol. The van der Waals surface area contributed by atoms with Crippen LogP contribution < -0.4 is 21.3 Å². The van der Waals surface area contributed by atoms with Crippen LogP contribution in [0, 0.1) is 10.1 Å². The van der Waals surface area contributed by atoms with E-state index < -0.39 is 22.3 Å². The molecule has 0 amide bonds. The third-order valence-electron chi connectivity index (χ3n) is 5.43. The largest absolute Gasteiger partial charge is 0.491 e. The number of nitro benzene ring substituents is 1. The van der Waals surface area contributed by atoms with Crippen LogP contribution in [-0.4, -0.2) is 48.4 Å². The zero-order valence-corrected chi connectivity index (χ0v) is 18.9. The van der Waals surface area contributed by atoms with Crippen LogP contribution in [-0.2, 0) is 20.0 Å². The molecule has 0 radical (unpaired) electrons. The van der Waals surface area contributed by atoms with Crippen molar-refractivity contribution in [3.8, 4) is 5.75 Å². The van der Waals surface area contributed by atoms with E-state index in [1.54, 1.807) is 0 Å². The van der Waals surface area contributed by atoms with E-state index in [0.717, 1.165) is 5.56 Å². The van der Waals surface area contributed by atoms with Crippen LogP contribution >= 0.6 is 0 Å². The highest BCUT2D eigenvalue weighted by atomic mass is 16.6. The van der Waals surface area contributed by atoms with Gasteiger partial charge in [-0.3, -0.25) is 24.5 Å². The van der Waals surface area contributed by atoms with Gasteiger partial charge in [0, 0.05) is 25.7 Å². The number of aromatic nitrogens is 4. The Bertz CT molecular complexity index is 1440. The smallest absolute Gasteiger partial charge is 0.329 e. The van der Waals surface area contributed by atoms with Crippen molar-refractivity contribution in [2.24, 2.45) is 7.05 Å². The molecule has 0 unspecified atom stereocenters. The minimum absolute atomic E-state index is 0.0432. The normalized spacial score (nSPS) is 11.9. The summed E-state index contributed by atoms with van der Waals surface area (Å²) in [6.07, 6.45) is -0.348. The Morgan fingerprint density at radius 3 is 2.57 bits per heavy atom. The van der Waals surface area contributed by atoms with Crippen LogP contribution in [0.5, 0.6) is 5.75 Å². The summed E-state index contributed by atoms with van der Waals surface area (Å²) >= 11 is 0. The number of fused-ring (bicyclic) bond motifs is 1. The molecule has 0 aliphatic rings. The maximum Gasteiger partial charge on any atom is 0.329 e. The van der Waals surface area contributed by atoms with E-state index in [1.807, 2.05) is 30.3 Å². The molecule has 3 N–H and O–H groups in total. The first-order valence-electron chi connectivity index (χ1n) is 10.9. The second-order valence-electron chi connectivity index (χ2n) is 7.91. The van der Waals surface area contributed by atoms with E-state index in [9.17, 15) is 24.8 Å². The summed E-state index contributed by atoms with van der Waals surface area (Å²) < 4.78 is 8.30. The summed E-state index contributed by atoms with van der Waals surface area (Å²) in [6, 6.07) is 15.3. The summed E-state index contributed by atoms with van der Waals surface area (Å²) in [5.41, 5.74) is 0.164. The number of hydrogen-bond donors (Lipinski definition) is 3. The lowest BCUT2D eigenvalue weighted by molar-refractivity contribution is -0.384. The summed E-state index contributed by atoms with van der Waals surface area (Å²) in [6.45, 7) is 0.331. The Labute approximate surface area is 198 Å². The second-order valence-corrected chi connectivity index (χ2v) is 7.91. The lowest BCUT2D eigenvalue weighted by Gasteiger charge is -2.16. The predicted molar refractivity (Wildman–Crippen MR) is 129 cm³/mol. The molecule has 4 aromatic rings. The van der Waals surface area contributed by atoms with Crippen molar-refractivity contribution in [3.63, 3.8) is 0 Å². The summed E-state index contributed by atoms with van der Waals surface area (Å²) in [7, 11) is 1.50. The number of aromatic amines is 1. The Hall–Kier alpha value is -4.45. The first-order valence-corrected chi connectivity index (χ1v) is 10.9. The van der Waals surface area contributed by atoms with Gasteiger partial charge in [0.05, 0.1) is 11.5 Å². The van der Waals surface area contributed by atoms with Crippen molar-refractivity contribution in [1.29, 1.82) is 0 Å². The number of aliphatic hydroxyl groups excluding tert-OH is 1. The van der Waals surface area contributed by atoms with Gasteiger partial charge in [-0.15, -0.1) is 0 Å². The summed E-state index contributed by atoms with van der Waals surface area (Å²) in [4.78, 5) is 41.6. The molecule has 12 heteroatoms. The number of benzene rings is 2. The van der Waals surface area contributed by atoms with Crippen LogP contribution in [0.15, 0.2) is 64.2 Å². The Kier molecular flexibility index (Phi) is 6.92. The van der Waals surface area contributed by atoms with Gasteiger partial charge in [-0.25, -0.2) is 4.79 Å². The third kappa shape index (κ3) is 5.38. The number of imidazole rings is 1. The van der Waals surface area contributed by atoms with Crippen LogP contribution in [0.25, 0.3) is 11.2 Å². The van der Waals surface area contributed by atoms with E-state index in [4.69, 9.17) is 4.74 Å². The van der Waals surface area contributed by atoms with E-state index in [0.29, 0.717) is 24.7 Å². The zero-order valence-electron chi connectivity index (χ0n) is 18.9. The maximum atomic E-state index is 12.6. The van der Waals surface area contributed by atoms with Crippen LogP contribution in [0.4, 0.5) is 11.6 Å². The molecule has 0 spiro atoms. The third-order valence-corrected chi connectivity index (χ3v) is 5.43. The topological polar surface area (TPSA) is 157 Å². The molecule has 0 aliphatic carbocycles. The van der Waals surface area contributed by atoms with E-state index >= 15 is 0 Å². The Morgan fingerprint density at radius 2 is 1.89 bits per heavy atom. The van der Waals surface area contributed by atoms with Gasteiger partial charge >= 0.3 is 5.69 Å². The number of aryl methyl sites for hydroxylation is 1. The lowest BCUT2D eigenvalue weighted by Crippen LogP contribution is -2.31. The van der Waals surface area contributed by atoms with E-state index in [1.165, 1.54) is 40.4 Å². The van der Waals surface area contributed by atoms with Crippen molar-refractivity contribution >= 4 is 22.8 Å². The average Bonchev–Trinajstić information content (AvgIpc) is 3.21. The molecule has 35 heavy (non-hydrogen) atoms. The van der Waals surface area contributed by atoms with E-state index in [-0.39, 0.29) is 30.0 Å². The quantitative estimate of drug-likeness (QED) is 0.227. The number of anilines is 1. The SMILES string of the molecule is Cn1c(=O)[nH]c(=O)c2c1nc(NCCc1ccccc1)n2C[C@@H](O)COc1ccc([N+](=O)[O-])cc1. The molecule has 2 aromatic heterocycles. The number of rotatable bonds is 10. The van der Waals surface area contributed by atoms with E-state index in [2.05, 4.69) is 15.3 Å². The van der Waals surface area contributed by atoms with Crippen molar-refractivity contribution < 1.29 is 14.8 Å². The van der Waals surface area contributed by atoms with Crippen LogP contribution in [0.3, 0.4) is 0 Å². The molecule has 12 nitrogen and oxygen atoms in total. The van der Waals surface area contributed by atoms with Crippen LogP contribution in [0.1, 0.15) is 5.56 Å². The van der Waals surface area contributed by atoms with Gasteiger partial charge in [0.1, 0.15) is 18.5 Å². The number of non-ortho nitro benzene ring substituents is 1. The minimum atomic E-state index is -1.05. The number of ether oxygens (including phenoxy) is 1. The molecule has 1 atom stereocenters. The summed E-state index contributed by atoms with van der Waals surface area (Å²) in [5, 5.41) is 24.6. The highest BCUT2D eigenvalue weighted by Gasteiger charge is 2.20. The fraction of sp³-hybridized carbons (Fsp3) is 0.261. The number of nitrogens with zero attached hydrogens (tertiary/aromatic N) is 4. The lowest BCUT2D eigenvalue weighted by atomic mass is 10.1. The maximum absolute atomic E-state index is 12.6. The molecule has 0 aliphatic heterocycles. The highest BCUT2D eigenvalue weighted by Crippen LogP contribution is 2.19. The van der Waals surface area contributed by atoms with Crippen molar-refractivity contribution in [2.75, 3.05) is 18.5 Å². The molecular weight excluding hydrogens is 456 g/mol. The number of H-pyrrole nitrogens is 1. The fourth-order valence-electron chi connectivity index (χ4n) is 3.63. The van der Waals surface area contributed by atoms with Gasteiger partial charge in [-0.1, -0.05) is 30.3 Å². The van der Waals surface area contributed by atoms with Crippen molar-refractivity contribution in [3.05, 3.63) is 91.1 Å². The fourth-order valence-corrected chi connectivity index (χ4v) is 3.63. The zero-order chi connectivity index (χ0) is 24.9. The summed E-state index contributed by atoms with van der Waals surface area (Å²) in [5.74, 6) is 0.684. The monoisotopic (exact) mass is 480 g/mol. The number of aliphatic hydroxyl groups is 1. The van der Waals surface area contributed by atoms with Gasteiger partial charge in [0.2, 0.25) is 5.95 Å². The molecule has 4 rings (SSSR count). The van der Waals surface area contributed by atoms with Crippen molar-refractivity contribution in [1.82, 2.24) is 19.1 Å². The van der Waals surface area contributed by atoms with Gasteiger partial charge < -0.3 is 19.7 Å². The van der Waals surface area contributed by atoms with Gasteiger partial charge in [-0.2, -0.15) is 4.98 Å². The Morgan fingerprint density at radius 1 is 1.17 bits per heavy atom. The van der Waals surface area contributed by atoms with Crippen molar-refractivity contribution in [2.45, 2.75) is 19.1 Å². The van der Waals surface area contributed by atoms with Gasteiger partial charge in [0.15, 0.2) is 11.2 Å². The first kappa shape index (κ1) is 23.7. The van der Waals surface area contributed by atoms with Crippen LogP contribution in [0.2, 0.25) is 0 Å². The molecule has 0 saturated carbocycles. The number of nitrogens with one attached hydrogen (secondary N) is 2. The molecule has 0 saturated heterocycles. The molecule has 2 aromatic carbocycles. The second kappa shape index (κ2) is 10.2. The Balaban J connectivity index is 1.53. The predicted octanol–water partition coefficient (Wildman–Crippen LogP) is 1.43. The standard InChI is InChI=1S/C23H24N6O6/c1-27-20-19(21(31)26-23(27)32)28(22(25-20)24-12-11-15-5-3-2-4-6-15)13-17(30)14-35-18-9-7-16(8-10-18)29(33)34/h2-10,17,30H,11-14H2,1H3,(H,24,25)(H,26,31,32)/t17-/m1/s1. The molecule has 182 valence electrons. The molecular formula is C23H24N6O6. The first-order chi connectivity index (χ1) is 16.8. The van der Waals surface area contributed by atoms with Gasteiger partial charge in [0.25, 0.3) is 11.2 Å². The highest BCUT2D eigenvalue weighted by molar-refractivity contribution is 5.74. The number of nitro groups is 1. The minimum Gasteiger partial charge on any atom is -0.491 e. The molecule has 0 bridgehead atoms.